The molecule has 2 saturated heterocycles. The summed E-state index contributed by atoms with van der Waals surface area (Å²) >= 11 is 5.26. The SMILES string of the molecule is C=CCOC(=O)N1[C@@H]2CC[C@H]1C[C@@H](N(P=S)C(=O)CNC(=O)c1ccccc1Oc1ccccc1)C2. The highest BCUT2D eigenvalue weighted by molar-refractivity contribution is 7.95. The van der Waals surface area contributed by atoms with Crippen LogP contribution in [0.2, 0.25) is 0 Å². The van der Waals surface area contributed by atoms with Crippen molar-refractivity contribution in [2.75, 3.05) is 13.2 Å². The second-order valence-corrected chi connectivity index (χ2v) is 9.78. The average Bonchev–Trinajstić information content (AvgIpc) is 3.17. The molecule has 0 saturated carbocycles. The highest BCUT2D eigenvalue weighted by Crippen LogP contribution is 2.39. The lowest BCUT2D eigenvalue weighted by molar-refractivity contribution is -0.127. The number of carbonyl (C=O) groups excluding carboxylic acids is 3. The third kappa shape index (κ3) is 5.91. The van der Waals surface area contributed by atoms with Crippen LogP contribution in [-0.4, -0.2) is 58.8 Å². The maximum Gasteiger partial charge on any atom is 0.410 e. The van der Waals surface area contributed by atoms with Crippen molar-refractivity contribution in [3.05, 3.63) is 72.8 Å². The third-order valence-corrected chi connectivity index (χ3v) is 7.69. The number of nitrogens with one attached hydrogen (secondary N) is 1. The van der Waals surface area contributed by atoms with Gasteiger partial charge in [0.2, 0.25) is 5.91 Å². The molecule has 0 radical (unpaired) electrons. The van der Waals surface area contributed by atoms with E-state index in [1.807, 2.05) is 18.2 Å². The summed E-state index contributed by atoms with van der Waals surface area (Å²) in [5.74, 6) is 0.350. The van der Waals surface area contributed by atoms with Crippen LogP contribution in [0.25, 0.3) is 0 Å². The van der Waals surface area contributed by atoms with Gasteiger partial charge in [-0.05, 0) is 61.8 Å². The van der Waals surface area contributed by atoms with Gasteiger partial charge in [0.1, 0.15) is 18.1 Å². The number of fused-ring (bicyclic) bond motifs is 2. The molecule has 8 nitrogen and oxygen atoms in total. The minimum absolute atomic E-state index is 0.00900. The zero-order valence-electron chi connectivity index (χ0n) is 19.7. The number of nitrogens with zero attached hydrogens (tertiary/aromatic N) is 2. The van der Waals surface area contributed by atoms with E-state index in [1.54, 1.807) is 52.0 Å². The van der Waals surface area contributed by atoms with E-state index in [0.29, 0.717) is 37.4 Å². The van der Waals surface area contributed by atoms with Crippen molar-refractivity contribution in [3.8, 4) is 11.5 Å². The number of para-hydroxylation sites is 2. The smallest absolute Gasteiger partial charge is 0.410 e. The summed E-state index contributed by atoms with van der Waals surface area (Å²) in [6.45, 7) is 3.57. The molecule has 4 rings (SSSR count). The van der Waals surface area contributed by atoms with Gasteiger partial charge in [0.15, 0.2) is 0 Å². The summed E-state index contributed by atoms with van der Waals surface area (Å²) in [5, 5.41) is 2.71. The monoisotopic (exact) mass is 525 g/mol. The van der Waals surface area contributed by atoms with E-state index in [2.05, 4.69) is 11.9 Å². The first-order valence-electron chi connectivity index (χ1n) is 11.8. The van der Waals surface area contributed by atoms with Crippen LogP contribution in [0.15, 0.2) is 67.3 Å². The molecule has 2 fully saturated rings. The Labute approximate surface area is 217 Å². The van der Waals surface area contributed by atoms with E-state index in [0.717, 1.165) is 12.8 Å². The van der Waals surface area contributed by atoms with Crippen LogP contribution >= 0.6 is 7.51 Å². The fourth-order valence-corrected chi connectivity index (χ4v) is 6.01. The highest BCUT2D eigenvalue weighted by Gasteiger charge is 2.46. The van der Waals surface area contributed by atoms with Crippen molar-refractivity contribution < 1.29 is 23.9 Å². The molecule has 0 aliphatic carbocycles. The van der Waals surface area contributed by atoms with Gasteiger partial charge in [0.25, 0.3) is 5.91 Å². The number of carbonyl (C=O) groups is 3. The zero-order chi connectivity index (χ0) is 25.5. The van der Waals surface area contributed by atoms with Gasteiger partial charge < -0.3 is 19.7 Å². The number of ether oxygens (including phenoxy) is 2. The zero-order valence-corrected chi connectivity index (χ0v) is 21.5. The van der Waals surface area contributed by atoms with Gasteiger partial charge in [-0.1, -0.05) is 43.0 Å². The molecule has 2 aromatic carbocycles. The maximum atomic E-state index is 13.1. The van der Waals surface area contributed by atoms with Gasteiger partial charge in [-0.15, -0.1) is 0 Å². The van der Waals surface area contributed by atoms with Crippen molar-refractivity contribution in [2.24, 2.45) is 0 Å². The Hall–Kier alpha value is -3.29. The predicted molar refractivity (Wildman–Crippen MR) is 140 cm³/mol. The lowest BCUT2D eigenvalue weighted by Gasteiger charge is -2.40. The molecule has 10 heteroatoms. The van der Waals surface area contributed by atoms with Crippen molar-refractivity contribution in [1.82, 2.24) is 14.9 Å². The van der Waals surface area contributed by atoms with Crippen molar-refractivity contribution in [1.29, 1.82) is 0 Å². The summed E-state index contributed by atoms with van der Waals surface area (Å²) in [7, 11) is 0.391. The van der Waals surface area contributed by atoms with Crippen molar-refractivity contribution >= 4 is 37.2 Å². The predicted octanol–water partition coefficient (Wildman–Crippen LogP) is 4.68. The lowest BCUT2D eigenvalue weighted by atomic mass is 9.97. The summed E-state index contributed by atoms with van der Waals surface area (Å²) in [6.07, 6.45) is 4.22. The molecule has 3 amide bonds. The largest absolute Gasteiger partial charge is 0.457 e. The van der Waals surface area contributed by atoms with E-state index in [-0.39, 0.29) is 43.3 Å². The van der Waals surface area contributed by atoms with Crippen LogP contribution < -0.4 is 10.1 Å². The maximum absolute atomic E-state index is 13.1. The van der Waals surface area contributed by atoms with E-state index >= 15 is 0 Å². The number of benzene rings is 2. The summed E-state index contributed by atoms with van der Waals surface area (Å²) in [4.78, 5) is 40.2. The molecular weight excluding hydrogens is 497 g/mol. The first kappa shape index (κ1) is 25.8. The Bertz CT molecular complexity index is 1120. The summed E-state index contributed by atoms with van der Waals surface area (Å²) in [6, 6.07) is 16.0. The van der Waals surface area contributed by atoms with E-state index < -0.39 is 5.91 Å². The minimum atomic E-state index is -0.407. The van der Waals surface area contributed by atoms with Crippen LogP contribution in [0.3, 0.4) is 0 Å². The number of piperidine rings is 1. The number of hydrogen-bond donors (Lipinski definition) is 1. The van der Waals surface area contributed by atoms with E-state index in [9.17, 15) is 14.4 Å². The number of rotatable bonds is 9. The average molecular weight is 526 g/mol. The molecule has 0 spiro atoms. The quantitative estimate of drug-likeness (QED) is 0.378. The fraction of sp³-hybridized carbons (Fsp3) is 0.346. The van der Waals surface area contributed by atoms with Gasteiger partial charge >= 0.3 is 6.09 Å². The number of hydrogen-bond acceptors (Lipinski definition) is 6. The summed E-state index contributed by atoms with van der Waals surface area (Å²) < 4.78 is 12.7. The van der Waals surface area contributed by atoms with Gasteiger partial charge in [0.05, 0.1) is 19.6 Å². The minimum Gasteiger partial charge on any atom is -0.457 e. The van der Waals surface area contributed by atoms with Crippen LogP contribution in [0.1, 0.15) is 36.0 Å². The fourth-order valence-electron chi connectivity index (χ4n) is 4.86. The standard InChI is InChI=1S/C26H28N3O5PS/c1-2-14-33-26(32)28-18-12-13-19(28)16-20(15-18)29(35-36)24(30)17-27-25(31)22-10-6-7-11-23(22)34-21-8-4-3-5-9-21/h2-11,18-20H,1,12-17H2,(H,27,31)/t18-,19+,20+. The Morgan fingerprint density at radius 3 is 2.42 bits per heavy atom. The summed E-state index contributed by atoms with van der Waals surface area (Å²) in [5.41, 5.74) is 0.334. The molecule has 0 aromatic heterocycles. The molecule has 1 N–H and O–H groups in total. The lowest BCUT2D eigenvalue weighted by Crippen LogP contribution is -2.52. The Morgan fingerprint density at radius 2 is 1.75 bits per heavy atom. The van der Waals surface area contributed by atoms with Crippen molar-refractivity contribution in [2.45, 2.75) is 43.8 Å². The molecule has 2 bridgehead atoms. The second-order valence-electron chi connectivity index (χ2n) is 8.70. The first-order chi connectivity index (χ1) is 17.5. The van der Waals surface area contributed by atoms with Crippen LogP contribution in [0.5, 0.6) is 11.5 Å². The second kappa shape index (κ2) is 12.1. The highest BCUT2D eigenvalue weighted by atomic mass is 32.4. The molecule has 3 atom stereocenters. The molecule has 188 valence electrons. The molecule has 2 aliphatic heterocycles. The Kier molecular flexibility index (Phi) is 8.67. The Balaban J connectivity index is 1.36. The van der Waals surface area contributed by atoms with Crippen LogP contribution in [0.4, 0.5) is 4.79 Å². The van der Waals surface area contributed by atoms with Gasteiger partial charge in [-0.25, -0.2) is 4.79 Å². The molecule has 36 heavy (non-hydrogen) atoms. The van der Waals surface area contributed by atoms with Crippen molar-refractivity contribution in [3.63, 3.8) is 0 Å². The third-order valence-electron chi connectivity index (χ3n) is 6.44. The molecular formula is C26H28N3O5PS. The van der Waals surface area contributed by atoms with Gasteiger partial charge in [0, 0.05) is 18.1 Å². The normalized spacial score (nSPS) is 20.4. The van der Waals surface area contributed by atoms with Crippen LogP contribution in [-0.2, 0) is 21.3 Å². The molecule has 2 aliphatic rings. The molecule has 2 aromatic rings. The first-order valence-corrected chi connectivity index (χ1v) is 13.7. The molecule has 2 heterocycles. The van der Waals surface area contributed by atoms with Gasteiger partial charge in [-0.3, -0.25) is 14.3 Å². The van der Waals surface area contributed by atoms with Crippen LogP contribution in [0, 0.1) is 0 Å². The van der Waals surface area contributed by atoms with E-state index in [1.165, 1.54) is 0 Å². The topological polar surface area (TPSA) is 88.2 Å². The van der Waals surface area contributed by atoms with E-state index in [4.69, 9.17) is 21.3 Å². The molecule has 0 unspecified atom stereocenters. The van der Waals surface area contributed by atoms with Gasteiger partial charge in [-0.2, -0.15) is 0 Å². The number of amides is 3. The Morgan fingerprint density at radius 1 is 1.08 bits per heavy atom.